The van der Waals surface area contributed by atoms with E-state index in [1.54, 1.807) is 6.07 Å². The van der Waals surface area contributed by atoms with Crippen LogP contribution in [0.2, 0.25) is 10.0 Å². The molecule has 0 aliphatic heterocycles. The molecular weight excluding hydrogens is 245 g/mol. The van der Waals surface area contributed by atoms with Gasteiger partial charge in [0.05, 0.1) is 10.0 Å². The molecule has 0 amide bonds. The lowest BCUT2D eigenvalue weighted by Crippen LogP contribution is -2.25. The van der Waals surface area contributed by atoms with Crippen LogP contribution in [0.15, 0.2) is 6.07 Å². The first kappa shape index (κ1) is 13.4. The Morgan fingerprint density at radius 1 is 1.31 bits per heavy atom. The molecule has 0 aliphatic carbocycles. The first-order chi connectivity index (χ1) is 7.60. The van der Waals surface area contributed by atoms with E-state index in [9.17, 15) is 0 Å². The van der Waals surface area contributed by atoms with E-state index in [1.165, 1.54) is 0 Å². The number of hydrogen-bond donors (Lipinski definition) is 1. The molecular formula is C11H17Cl2N3. The highest BCUT2D eigenvalue weighted by Crippen LogP contribution is 2.29. The molecule has 0 spiro atoms. The summed E-state index contributed by atoms with van der Waals surface area (Å²) in [5.74, 6) is 1.05. The molecule has 0 atom stereocenters. The van der Waals surface area contributed by atoms with Crippen molar-refractivity contribution in [2.24, 2.45) is 0 Å². The van der Waals surface area contributed by atoms with E-state index in [1.807, 2.05) is 0 Å². The second kappa shape index (κ2) is 6.16. The fourth-order valence-corrected chi connectivity index (χ4v) is 1.93. The highest BCUT2D eigenvalue weighted by molar-refractivity contribution is 6.37. The quantitative estimate of drug-likeness (QED) is 0.881. The molecule has 16 heavy (non-hydrogen) atoms. The molecule has 1 aromatic heterocycles. The summed E-state index contributed by atoms with van der Waals surface area (Å²) in [6, 6.07) is 1.65. The summed E-state index contributed by atoms with van der Waals surface area (Å²) in [6.07, 6.45) is 2.24. The molecule has 0 unspecified atom stereocenters. The average Bonchev–Trinajstić information content (AvgIpc) is 2.26. The zero-order valence-electron chi connectivity index (χ0n) is 9.63. The molecule has 0 bridgehead atoms. The third-order valence-corrected chi connectivity index (χ3v) is 2.98. The van der Waals surface area contributed by atoms with Gasteiger partial charge >= 0.3 is 0 Å². The molecule has 90 valence electrons. The van der Waals surface area contributed by atoms with Crippen LogP contribution in [-0.4, -0.2) is 18.1 Å². The maximum absolute atomic E-state index is 6.11. The van der Waals surface area contributed by atoms with Gasteiger partial charge in [0, 0.05) is 13.1 Å². The van der Waals surface area contributed by atoms with Gasteiger partial charge < -0.3 is 10.6 Å². The van der Waals surface area contributed by atoms with Crippen LogP contribution in [0.5, 0.6) is 0 Å². The number of aromatic nitrogens is 1. The van der Waals surface area contributed by atoms with Crippen LogP contribution in [0, 0.1) is 0 Å². The number of nitrogens with two attached hydrogens (primary N) is 1. The van der Waals surface area contributed by atoms with Crippen LogP contribution in [-0.2, 0) is 0 Å². The zero-order chi connectivity index (χ0) is 12.1. The molecule has 1 heterocycles. The van der Waals surface area contributed by atoms with E-state index < -0.39 is 0 Å². The van der Waals surface area contributed by atoms with Gasteiger partial charge in [-0.15, -0.1) is 0 Å². The average molecular weight is 262 g/mol. The minimum atomic E-state index is 0.330. The second-order valence-electron chi connectivity index (χ2n) is 3.59. The number of nitrogen functional groups attached to an aromatic ring is 1. The Morgan fingerprint density at radius 3 is 2.56 bits per heavy atom. The van der Waals surface area contributed by atoms with Crippen LogP contribution in [0.3, 0.4) is 0 Å². The predicted molar refractivity (Wildman–Crippen MR) is 71.5 cm³/mol. The first-order valence-corrected chi connectivity index (χ1v) is 6.22. The molecule has 3 nitrogen and oxygen atoms in total. The number of halogens is 2. The topological polar surface area (TPSA) is 42.2 Å². The van der Waals surface area contributed by atoms with Gasteiger partial charge in [-0.25, -0.2) is 4.98 Å². The molecule has 1 rings (SSSR count). The van der Waals surface area contributed by atoms with E-state index in [2.05, 4.69) is 23.7 Å². The summed E-state index contributed by atoms with van der Waals surface area (Å²) >= 11 is 12.0. The zero-order valence-corrected chi connectivity index (χ0v) is 11.1. The number of pyridine rings is 1. The molecule has 0 fully saturated rings. The number of nitrogens with zero attached hydrogens (tertiary/aromatic N) is 2. The van der Waals surface area contributed by atoms with E-state index in [-0.39, 0.29) is 0 Å². The highest BCUT2D eigenvalue weighted by atomic mass is 35.5. The van der Waals surface area contributed by atoms with Crippen LogP contribution >= 0.6 is 23.2 Å². The standard InChI is InChI=1S/C11H17Cl2N3/c1-3-5-6-16(4-2)11-9(13)7-8(12)10(14)15-11/h7H,3-6H2,1-2H3,(H2,14,15). The van der Waals surface area contributed by atoms with Crippen LogP contribution in [0.1, 0.15) is 26.7 Å². The Balaban J connectivity index is 2.95. The van der Waals surface area contributed by atoms with Gasteiger partial charge in [-0.3, -0.25) is 0 Å². The van der Waals surface area contributed by atoms with Gasteiger partial charge in [-0.05, 0) is 19.4 Å². The summed E-state index contributed by atoms with van der Waals surface area (Å²) in [7, 11) is 0. The number of rotatable bonds is 5. The minimum absolute atomic E-state index is 0.330. The summed E-state index contributed by atoms with van der Waals surface area (Å²) < 4.78 is 0. The number of hydrogen-bond acceptors (Lipinski definition) is 3. The van der Waals surface area contributed by atoms with Crippen molar-refractivity contribution in [3.63, 3.8) is 0 Å². The van der Waals surface area contributed by atoms with Crippen molar-refractivity contribution in [1.29, 1.82) is 0 Å². The fraction of sp³-hybridized carbons (Fsp3) is 0.545. The van der Waals surface area contributed by atoms with Crippen molar-refractivity contribution in [2.75, 3.05) is 23.7 Å². The number of anilines is 2. The van der Waals surface area contributed by atoms with Gasteiger partial charge in [-0.2, -0.15) is 0 Å². The Hall–Kier alpha value is -0.670. The van der Waals surface area contributed by atoms with Crippen molar-refractivity contribution in [3.05, 3.63) is 16.1 Å². The molecule has 0 radical (unpaired) electrons. The summed E-state index contributed by atoms with van der Waals surface area (Å²) in [4.78, 5) is 6.35. The molecule has 0 saturated heterocycles. The summed E-state index contributed by atoms with van der Waals surface area (Å²) in [5, 5.41) is 0.956. The maximum atomic E-state index is 6.11. The van der Waals surface area contributed by atoms with E-state index >= 15 is 0 Å². The van der Waals surface area contributed by atoms with Gasteiger partial charge in [0.1, 0.15) is 11.6 Å². The van der Waals surface area contributed by atoms with E-state index in [0.29, 0.717) is 15.9 Å². The largest absolute Gasteiger partial charge is 0.382 e. The van der Waals surface area contributed by atoms with Gasteiger partial charge in [0.25, 0.3) is 0 Å². The normalized spacial score (nSPS) is 10.5. The first-order valence-electron chi connectivity index (χ1n) is 5.46. The monoisotopic (exact) mass is 261 g/mol. The Morgan fingerprint density at radius 2 is 2.00 bits per heavy atom. The predicted octanol–water partition coefficient (Wildman–Crippen LogP) is 3.60. The van der Waals surface area contributed by atoms with E-state index in [0.717, 1.165) is 31.7 Å². The Kier molecular flexibility index (Phi) is 5.16. The van der Waals surface area contributed by atoms with Gasteiger partial charge in [0.2, 0.25) is 0 Å². The fourth-order valence-electron chi connectivity index (χ4n) is 1.46. The third-order valence-electron chi connectivity index (χ3n) is 2.40. The number of unbranched alkanes of at least 4 members (excludes halogenated alkanes) is 1. The van der Waals surface area contributed by atoms with Crippen LogP contribution in [0.4, 0.5) is 11.6 Å². The minimum Gasteiger partial charge on any atom is -0.382 e. The van der Waals surface area contributed by atoms with Crippen molar-refractivity contribution in [3.8, 4) is 0 Å². The third kappa shape index (κ3) is 3.16. The summed E-state index contributed by atoms with van der Waals surface area (Å²) in [6.45, 7) is 6.01. The molecule has 0 aromatic carbocycles. The van der Waals surface area contributed by atoms with E-state index in [4.69, 9.17) is 28.9 Å². The second-order valence-corrected chi connectivity index (χ2v) is 4.41. The molecule has 0 aliphatic rings. The molecule has 0 saturated carbocycles. The Bertz CT molecular complexity index is 355. The van der Waals surface area contributed by atoms with Crippen molar-refractivity contribution in [2.45, 2.75) is 26.7 Å². The SMILES string of the molecule is CCCCN(CC)c1nc(N)c(Cl)cc1Cl. The lowest BCUT2D eigenvalue weighted by atomic mass is 10.3. The molecule has 2 N–H and O–H groups in total. The van der Waals surface area contributed by atoms with Crippen LogP contribution in [0.25, 0.3) is 0 Å². The van der Waals surface area contributed by atoms with Gasteiger partial charge in [0.15, 0.2) is 0 Å². The molecule has 1 aromatic rings. The maximum Gasteiger partial charge on any atom is 0.149 e. The summed E-state index contributed by atoms with van der Waals surface area (Å²) in [5.41, 5.74) is 5.68. The van der Waals surface area contributed by atoms with Crippen molar-refractivity contribution in [1.82, 2.24) is 4.98 Å². The van der Waals surface area contributed by atoms with Gasteiger partial charge in [-0.1, -0.05) is 36.5 Å². The van der Waals surface area contributed by atoms with Crippen molar-refractivity contribution >= 4 is 34.8 Å². The lowest BCUT2D eigenvalue weighted by Gasteiger charge is -2.23. The smallest absolute Gasteiger partial charge is 0.149 e. The Labute approximate surface area is 107 Å². The van der Waals surface area contributed by atoms with Crippen LogP contribution < -0.4 is 10.6 Å². The molecule has 5 heteroatoms. The van der Waals surface area contributed by atoms with Crippen molar-refractivity contribution < 1.29 is 0 Å². The highest BCUT2D eigenvalue weighted by Gasteiger charge is 2.12. The lowest BCUT2D eigenvalue weighted by molar-refractivity contribution is 0.725.